The number of fused-ring (bicyclic) bond motifs is 10. The van der Waals surface area contributed by atoms with E-state index in [1.54, 1.807) is 0 Å². The van der Waals surface area contributed by atoms with Gasteiger partial charge in [-0.15, -0.1) is 0 Å². The van der Waals surface area contributed by atoms with Crippen molar-refractivity contribution in [2.24, 2.45) is 92.7 Å². The Kier molecular flexibility index (Phi) is 20.4. The quantitative estimate of drug-likeness (QED) is 0.0510. The van der Waals surface area contributed by atoms with Crippen LogP contribution in [0.5, 0.6) is 0 Å². The molecule has 0 aromatic heterocycles. The number of hydrogen-bond donors (Lipinski definition) is 10. The van der Waals surface area contributed by atoms with Crippen LogP contribution in [0.2, 0.25) is 0 Å². The third-order valence-corrected chi connectivity index (χ3v) is 25.9. The Morgan fingerprint density at radius 3 is 1.24 bits per heavy atom. The van der Waals surface area contributed by atoms with E-state index in [9.17, 15) is 39.6 Å². The Labute approximate surface area is 509 Å². The summed E-state index contributed by atoms with van der Waals surface area (Å²) in [6.07, 6.45) is 22.5. The molecule has 0 radical (unpaired) electrons. The van der Waals surface area contributed by atoms with E-state index in [2.05, 4.69) is 73.4 Å². The van der Waals surface area contributed by atoms with Gasteiger partial charge in [0.2, 0.25) is 11.8 Å². The van der Waals surface area contributed by atoms with Gasteiger partial charge in [0.05, 0.1) is 24.4 Å². The standard InChI is InChI=1S/C71H110N6O8/c1-44(56-25-27-58-54-23-17-48-40-52(78)31-33-68(48,3)60(54)42-62(80)70(56,58)5)11-29-64(82)72-35-7-9-37-74-66(84)76-50-19-13-46(14-20-50)39-47-15-21-51(22-16-47)77-67(85)75-38-10-8-36-73-65(83)30-12-45(2)57-26-28-59-55-24-18-49-41-53(79)32-34-69(49,4)61(55)43-63(81)71(57,59)6/h13-16,19-22,44-45,48-49,52-63,78-81H,7-12,17-18,23-43H2,1-6H3,(H,72,82)(H,73,83)(H2,74,76,84)(H2,75,77,85)/t44-,45-,48-,49-,52-,53-,54+,55+,56-,57-,58+,59+,60+,61+,62+,63+,68+,69+,70-,71-/m1/s1. The summed E-state index contributed by atoms with van der Waals surface area (Å²) in [5.41, 5.74) is 3.84. The highest BCUT2D eigenvalue weighted by Crippen LogP contribution is 2.70. The summed E-state index contributed by atoms with van der Waals surface area (Å²) < 4.78 is 0. The average Bonchev–Trinajstić information content (AvgIpc) is 1.73. The number of nitrogens with one attached hydrogen (secondary N) is 6. The number of carbonyl (C=O) groups excluding carboxylic acids is 4. The first kappa shape index (κ1) is 63.8. The van der Waals surface area contributed by atoms with Gasteiger partial charge < -0.3 is 52.3 Å². The SMILES string of the molecule is C[C@H](CCC(=O)NCCCCNC(=O)Nc1ccc(Cc2ccc(NC(=O)NCCCCNC(=O)CC[C@@H](C)[C@H]3CC[C@H]4[C@@H]5CC[C@@H]6C[C@H](O)CC[C@]6(C)[C@H]5C[C@H](O)[C@]34C)cc2)cc1)[C@H]1CC[C@H]2[C@@H]3CC[C@@H]4C[C@H](O)CC[C@]4(C)[C@H]3C[C@H](O)[C@]12C. The molecule has 8 saturated carbocycles. The number of urea groups is 2. The van der Waals surface area contributed by atoms with Crippen molar-refractivity contribution < 1.29 is 39.6 Å². The van der Waals surface area contributed by atoms with Crippen molar-refractivity contribution in [2.75, 3.05) is 36.8 Å². The van der Waals surface area contributed by atoms with E-state index in [0.717, 1.165) is 114 Å². The van der Waals surface area contributed by atoms with E-state index in [1.165, 1.54) is 38.5 Å². The van der Waals surface area contributed by atoms with E-state index in [1.807, 2.05) is 48.5 Å². The van der Waals surface area contributed by atoms with Crippen molar-refractivity contribution in [2.45, 2.75) is 226 Å². The number of aliphatic hydroxyl groups is 4. The van der Waals surface area contributed by atoms with Crippen LogP contribution in [0.4, 0.5) is 21.0 Å². The molecule has 10 N–H and O–H groups in total. The zero-order valence-corrected chi connectivity index (χ0v) is 52.8. The van der Waals surface area contributed by atoms with Crippen molar-refractivity contribution in [3.8, 4) is 0 Å². The van der Waals surface area contributed by atoms with Gasteiger partial charge in [0.1, 0.15) is 0 Å². The minimum Gasteiger partial charge on any atom is -0.393 e. The molecule has 14 heteroatoms. The van der Waals surface area contributed by atoms with Crippen LogP contribution in [0.15, 0.2) is 48.5 Å². The van der Waals surface area contributed by atoms with Crippen molar-refractivity contribution >= 4 is 35.3 Å². The third kappa shape index (κ3) is 13.7. The largest absolute Gasteiger partial charge is 0.393 e. The molecule has 472 valence electrons. The Bertz CT molecular complexity index is 2410. The van der Waals surface area contributed by atoms with Gasteiger partial charge in [0.15, 0.2) is 0 Å². The third-order valence-electron chi connectivity index (χ3n) is 25.9. The van der Waals surface area contributed by atoms with E-state index < -0.39 is 0 Å². The summed E-state index contributed by atoms with van der Waals surface area (Å²) >= 11 is 0. The van der Waals surface area contributed by atoms with Gasteiger partial charge >= 0.3 is 12.1 Å². The molecular weight excluding hydrogens is 1060 g/mol. The monoisotopic (exact) mass is 1170 g/mol. The molecule has 0 unspecified atom stereocenters. The maximum absolute atomic E-state index is 13.0. The molecule has 0 aliphatic heterocycles. The van der Waals surface area contributed by atoms with Crippen LogP contribution in [-0.2, 0) is 16.0 Å². The molecule has 0 heterocycles. The van der Waals surface area contributed by atoms with Gasteiger partial charge in [-0.25, -0.2) is 9.59 Å². The zero-order valence-electron chi connectivity index (χ0n) is 52.8. The number of unbranched alkanes of at least 4 members (excludes halogenated alkanes) is 2. The lowest BCUT2D eigenvalue weighted by Crippen LogP contribution is -2.58. The van der Waals surface area contributed by atoms with E-state index in [4.69, 9.17) is 0 Å². The highest BCUT2D eigenvalue weighted by atomic mass is 16.3. The Balaban J connectivity index is 0.541. The highest BCUT2D eigenvalue weighted by molar-refractivity contribution is 5.89. The maximum Gasteiger partial charge on any atom is 0.319 e. The minimum atomic E-state index is -0.312. The average molecular weight is 1180 g/mol. The zero-order chi connectivity index (χ0) is 60.3. The van der Waals surface area contributed by atoms with Crippen LogP contribution in [0.1, 0.15) is 207 Å². The topological polar surface area (TPSA) is 221 Å². The predicted molar refractivity (Wildman–Crippen MR) is 336 cm³/mol. The van der Waals surface area contributed by atoms with E-state index in [-0.39, 0.29) is 70.0 Å². The van der Waals surface area contributed by atoms with Gasteiger partial charge in [-0.05, 0) is 276 Å². The Morgan fingerprint density at radius 2 is 0.847 bits per heavy atom. The number of rotatable bonds is 22. The molecule has 0 bridgehead atoms. The van der Waals surface area contributed by atoms with Gasteiger partial charge in [-0.3, -0.25) is 9.59 Å². The highest BCUT2D eigenvalue weighted by Gasteiger charge is 2.65. The van der Waals surface area contributed by atoms with Crippen LogP contribution < -0.4 is 31.9 Å². The fourth-order valence-corrected chi connectivity index (χ4v) is 21.0. The molecule has 20 atom stereocenters. The first-order chi connectivity index (χ1) is 40.7. The van der Waals surface area contributed by atoms with E-state index >= 15 is 0 Å². The molecule has 8 aliphatic carbocycles. The molecule has 85 heavy (non-hydrogen) atoms. The predicted octanol–water partition coefficient (Wildman–Crippen LogP) is 12.1. The Morgan fingerprint density at radius 1 is 0.471 bits per heavy atom. The lowest BCUT2D eigenvalue weighted by atomic mass is 9.43. The minimum absolute atomic E-state index is 0.0751. The summed E-state index contributed by atoms with van der Waals surface area (Å²) in [7, 11) is 0. The summed E-state index contributed by atoms with van der Waals surface area (Å²) in [6, 6.07) is 15.0. The number of amides is 6. The van der Waals surface area contributed by atoms with Gasteiger partial charge in [-0.2, -0.15) is 0 Å². The fraction of sp³-hybridized carbons (Fsp3) is 0.775. The molecule has 2 aromatic rings. The van der Waals surface area contributed by atoms with Crippen LogP contribution in [0.25, 0.3) is 0 Å². The lowest BCUT2D eigenvalue weighted by molar-refractivity contribution is -0.175. The molecule has 8 fully saturated rings. The smallest absolute Gasteiger partial charge is 0.319 e. The molecule has 0 spiro atoms. The summed E-state index contributed by atoms with van der Waals surface area (Å²) in [5.74, 6) is 6.35. The number of carbonyl (C=O) groups is 4. The van der Waals surface area contributed by atoms with Crippen LogP contribution in [-0.4, -0.2) is 94.9 Å². The molecule has 0 saturated heterocycles. The first-order valence-corrected chi connectivity index (χ1v) is 34.2. The molecular formula is C71H110N6O8. The van der Waals surface area contributed by atoms with Gasteiger partial charge in [-0.1, -0.05) is 65.8 Å². The molecule has 8 aliphatic rings. The summed E-state index contributed by atoms with van der Waals surface area (Å²) in [6.45, 7) is 16.4. The second-order valence-electron chi connectivity index (χ2n) is 30.3. The second-order valence-corrected chi connectivity index (χ2v) is 30.3. The molecule has 2 aromatic carbocycles. The summed E-state index contributed by atoms with van der Waals surface area (Å²) in [4.78, 5) is 51.3. The van der Waals surface area contributed by atoms with Crippen molar-refractivity contribution in [1.82, 2.24) is 21.3 Å². The van der Waals surface area contributed by atoms with Gasteiger partial charge in [0, 0.05) is 50.4 Å². The second kappa shape index (κ2) is 27.2. The van der Waals surface area contributed by atoms with Crippen LogP contribution in [0, 0.1) is 92.7 Å². The number of benzene rings is 2. The molecule has 14 nitrogen and oxygen atoms in total. The fourth-order valence-electron chi connectivity index (χ4n) is 21.0. The van der Waals surface area contributed by atoms with Crippen molar-refractivity contribution in [3.05, 3.63) is 59.7 Å². The van der Waals surface area contributed by atoms with Crippen molar-refractivity contribution in [3.63, 3.8) is 0 Å². The normalized spacial score (nSPS) is 37.9. The lowest BCUT2D eigenvalue weighted by Gasteiger charge is -2.62. The number of hydrogen-bond acceptors (Lipinski definition) is 8. The maximum atomic E-state index is 13.0. The van der Waals surface area contributed by atoms with Crippen LogP contribution >= 0.6 is 0 Å². The Hall–Kier alpha value is -4.24. The first-order valence-electron chi connectivity index (χ1n) is 34.2. The summed E-state index contributed by atoms with van der Waals surface area (Å²) in [5, 5.41) is 62.6. The van der Waals surface area contributed by atoms with Crippen molar-refractivity contribution in [1.29, 1.82) is 0 Å². The molecule has 6 amide bonds. The van der Waals surface area contributed by atoms with E-state index in [0.29, 0.717) is 128 Å². The number of anilines is 2. The van der Waals surface area contributed by atoms with Gasteiger partial charge in [0.25, 0.3) is 0 Å². The number of aliphatic hydroxyl groups excluding tert-OH is 4. The van der Waals surface area contributed by atoms with Crippen LogP contribution in [0.3, 0.4) is 0 Å². The molecule has 10 rings (SSSR count).